The predicted octanol–water partition coefficient (Wildman–Crippen LogP) is 3.26. The summed E-state index contributed by atoms with van der Waals surface area (Å²) in [6.45, 7) is 3.85. The molecule has 9 heteroatoms. The summed E-state index contributed by atoms with van der Waals surface area (Å²) < 4.78 is 11.1. The number of benzene rings is 2. The lowest BCUT2D eigenvalue weighted by Gasteiger charge is -2.11. The monoisotopic (exact) mass is 409 g/mol. The van der Waals surface area contributed by atoms with Gasteiger partial charge < -0.3 is 14.8 Å². The molecule has 1 aliphatic rings. The number of non-ortho nitro benzene ring substituents is 1. The molecule has 0 aromatic heterocycles. The van der Waals surface area contributed by atoms with Gasteiger partial charge >= 0.3 is 6.03 Å². The fourth-order valence-electron chi connectivity index (χ4n) is 2.80. The van der Waals surface area contributed by atoms with Gasteiger partial charge in [0.2, 0.25) is 0 Å². The number of nitrogens with one attached hydrogen (secondary N) is 1. The average Bonchev–Trinajstić information content (AvgIpc) is 3.00. The van der Waals surface area contributed by atoms with E-state index < -0.39 is 16.9 Å². The molecule has 0 unspecified atom stereocenters. The van der Waals surface area contributed by atoms with Crippen LogP contribution in [0.2, 0.25) is 0 Å². The molecule has 3 rings (SSSR count). The Kier molecular flexibility index (Phi) is 6.11. The van der Waals surface area contributed by atoms with Crippen molar-refractivity contribution in [3.8, 4) is 11.5 Å². The Morgan fingerprint density at radius 1 is 1.17 bits per heavy atom. The van der Waals surface area contributed by atoms with Gasteiger partial charge in [0.1, 0.15) is 12.3 Å². The van der Waals surface area contributed by atoms with Crippen LogP contribution in [0.25, 0.3) is 6.08 Å². The van der Waals surface area contributed by atoms with Crippen LogP contribution in [0.15, 0.2) is 60.8 Å². The highest BCUT2D eigenvalue weighted by Crippen LogP contribution is 2.30. The van der Waals surface area contributed by atoms with Gasteiger partial charge in [-0.15, -0.1) is 6.58 Å². The Morgan fingerprint density at radius 3 is 2.53 bits per heavy atom. The number of imide groups is 1. The third-order valence-electron chi connectivity index (χ3n) is 4.31. The molecule has 9 nitrogen and oxygen atoms in total. The van der Waals surface area contributed by atoms with E-state index >= 15 is 0 Å². The number of carbonyl (C=O) groups is 2. The van der Waals surface area contributed by atoms with Crippen LogP contribution in [-0.2, 0) is 11.4 Å². The van der Waals surface area contributed by atoms with E-state index in [4.69, 9.17) is 9.47 Å². The molecule has 1 aliphatic heterocycles. The third-order valence-corrected chi connectivity index (χ3v) is 4.31. The van der Waals surface area contributed by atoms with Gasteiger partial charge in [-0.25, -0.2) is 4.79 Å². The van der Waals surface area contributed by atoms with Crippen LogP contribution in [0.3, 0.4) is 0 Å². The largest absolute Gasteiger partial charge is 0.493 e. The summed E-state index contributed by atoms with van der Waals surface area (Å²) in [6, 6.07) is 10.6. The normalized spacial score (nSPS) is 14.6. The van der Waals surface area contributed by atoms with Gasteiger partial charge in [-0.3, -0.25) is 19.8 Å². The van der Waals surface area contributed by atoms with Gasteiger partial charge in [0.15, 0.2) is 11.5 Å². The molecule has 0 atom stereocenters. The van der Waals surface area contributed by atoms with Crippen LogP contribution in [0.4, 0.5) is 10.5 Å². The minimum Gasteiger partial charge on any atom is -0.493 e. The van der Waals surface area contributed by atoms with Crippen molar-refractivity contribution in [2.24, 2.45) is 0 Å². The lowest BCUT2D eigenvalue weighted by Crippen LogP contribution is -2.30. The molecular formula is C21H19N3O6. The van der Waals surface area contributed by atoms with Crippen molar-refractivity contribution in [1.82, 2.24) is 10.2 Å². The first-order valence-electron chi connectivity index (χ1n) is 8.92. The van der Waals surface area contributed by atoms with Crippen molar-refractivity contribution in [2.75, 3.05) is 13.7 Å². The first-order valence-corrected chi connectivity index (χ1v) is 8.92. The summed E-state index contributed by atoms with van der Waals surface area (Å²) in [6.07, 6.45) is 3.02. The molecular weight excluding hydrogens is 390 g/mol. The van der Waals surface area contributed by atoms with Crippen molar-refractivity contribution in [2.45, 2.75) is 6.61 Å². The zero-order valence-electron chi connectivity index (χ0n) is 16.2. The van der Waals surface area contributed by atoms with E-state index in [2.05, 4.69) is 11.9 Å². The third kappa shape index (κ3) is 4.46. The molecule has 0 bridgehead atoms. The van der Waals surface area contributed by atoms with Gasteiger partial charge in [-0.2, -0.15) is 0 Å². The van der Waals surface area contributed by atoms with Crippen molar-refractivity contribution in [1.29, 1.82) is 0 Å². The standard InChI is InChI=1S/C21H19N3O6/c1-3-10-23-20(25)17(22-21(23)26)11-15-6-9-18(19(12-15)29-2)30-13-14-4-7-16(8-5-14)24(27)28/h3-9,11-12H,1,10,13H2,2H3,(H,22,26)/b17-11+. The molecule has 30 heavy (non-hydrogen) atoms. The highest BCUT2D eigenvalue weighted by atomic mass is 16.6. The first kappa shape index (κ1) is 20.6. The Hall–Kier alpha value is -4.14. The molecule has 2 aromatic carbocycles. The number of nitro benzene ring substituents is 1. The number of methoxy groups -OCH3 is 1. The molecule has 1 saturated heterocycles. The second-order valence-electron chi connectivity index (χ2n) is 6.32. The molecule has 154 valence electrons. The smallest absolute Gasteiger partial charge is 0.329 e. The minimum absolute atomic E-state index is 0.00827. The fraction of sp³-hybridized carbons (Fsp3) is 0.143. The average molecular weight is 409 g/mol. The van der Waals surface area contributed by atoms with Crippen molar-refractivity contribution < 1.29 is 24.0 Å². The lowest BCUT2D eigenvalue weighted by molar-refractivity contribution is -0.384. The van der Waals surface area contributed by atoms with Gasteiger partial charge in [0.25, 0.3) is 11.6 Å². The molecule has 1 N–H and O–H groups in total. The molecule has 3 amide bonds. The van der Waals surface area contributed by atoms with E-state index in [9.17, 15) is 19.7 Å². The van der Waals surface area contributed by atoms with Crippen LogP contribution >= 0.6 is 0 Å². The number of hydrogen-bond donors (Lipinski definition) is 1. The lowest BCUT2D eigenvalue weighted by atomic mass is 10.1. The van der Waals surface area contributed by atoms with Crippen molar-refractivity contribution >= 4 is 23.7 Å². The van der Waals surface area contributed by atoms with Crippen molar-refractivity contribution in [3.05, 3.63) is 82.1 Å². The Balaban J connectivity index is 1.73. The Bertz CT molecular complexity index is 1030. The molecule has 0 radical (unpaired) electrons. The van der Waals surface area contributed by atoms with E-state index in [1.54, 1.807) is 36.4 Å². The summed E-state index contributed by atoms with van der Waals surface area (Å²) in [7, 11) is 1.49. The highest BCUT2D eigenvalue weighted by molar-refractivity contribution is 6.14. The highest BCUT2D eigenvalue weighted by Gasteiger charge is 2.32. The van der Waals surface area contributed by atoms with E-state index in [0.717, 1.165) is 10.5 Å². The summed E-state index contributed by atoms with van der Waals surface area (Å²) in [5.74, 6) is 0.469. The molecule has 0 aliphatic carbocycles. The summed E-state index contributed by atoms with van der Waals surface area (Å²) in [5.41, 5.74) is 1.56. The maximum absolute atomic E-state index is 12.3. The quantitative estimate of drug-likeness (QED) is 0.236. The summed E-state index contributed by atoms with van der Waals surface area (Å²) in [4.78, 5) is 35.5. The zero-order valence-corrected chi connectivity index (χ0v) is 16.2. The van der Waals surface area contributed by atoms with Crippen molar-refractivity contribution in [3.63, 3.8) is 0 Å². The number of urea groups is 1. The summed E-state index contributed by atoms with van der Waals surface area (Å²) in [5, 5.41) is 13.3. The maximum atomic E-state index is 12.3. The van der Waals surface area contributed by atoms with Gasteiger partial charge in [-0.05, 0) is 41.5 Å². The molecule has 0 saturated carbocycles. The first-order chi connectivity index (χ1) is 14.4. The SMILES string of the molecule is C=CCN1C(=O)N/C(=C/c2ccc(OCc3ccc([N+](=O)[O-])cc3)c(OC)c2)C1=O. The van der Waals surface area contributed by atoms with E-state index in [-0.39, 0.29) is 24.5 Å². The number of carbonyl (C=O) groups excluding carboxylic acids is 2. The number of ether oxygens (including phenoxy) is 2. The second-order valence-corrected chi connectivity index (χ2v) is 6.32. The maximum Gasteiger partial charge on any atom is 0.329 e. The van der Waals surface area contributed by atoms with Gasteiger partial charge in [-0.1, -0.05) is 12.1 Å². The van der Waals surface area contributed by atoms with Crippen LogP contribution in [0.1, 0.15) is 11.1 Å². The number of amides is 3. The van der Waals surface area contributed by atoms with E-state index in [1.165, 1.54) is 25.3 Å². The Labute approximate surface area is 172 Å². The zero-order chi connectivity index (χ0) is 21.7. The topological polar surface area (TPSA) is 111 Å². The Morgan fingerprint density at radius 2 is 1.90 bits per heavy atom. The second kappa shape index (κ2) is 8.91. The number of hydrogen-bond acceptors (Lipinski definition) is 6. The summed E-state index contributed by atoms with van der Waals surface area (Å²) >= 11 is 0. The van der Waals surface area contributed by atoms with Crippen LogP contribution < -0.4 is 14.8 Å². The van der Waals surface area contributed by atoms with Gasteiger partial charge in [0, 0.05) is 18.7 Å². The number of nitrogens with zero attached hydrogens (tertiary/aromatic N) is 2. The molecule has 0 spiro atoms. The van der Waals surface area contributed by atoms with E-state index in [1.807, 2.05) is 0 Å². The molecule has 2 aromatic rings. The van der Waals surface area contributed by atoms with Crippen LogP contribution in [0.5, 0.6) is 11.5 Å². The fourth-order valence-corrected chi connectivity index (χ4v) is 2.80. The minimum atomic E-state index is -0.499. The molecule has 1 fully saturated rings. The van der Waals surface area contributed by atoms with E-state index in [0.29, 0.717) is 17.1 Å². The number of rotatable bonds is 8. The number of nitro groups is 1. The van der Waals surface area contributed by atoms with Crippen LogP contribution in [0, 0.1) is 10.1 Å². The predicted molar refractivity (Wildman–Crippen MR) is 109 cm³/mol. The molecule has 1 heterocycles. The van der Waals surface area contributed by atoms with Crippen LogP contribution in [-0.4, -0.2) is 35.4 Å². The van der Waals surface area contributed by atoms with Gasteiger partial charge in [0.05, 0.1) is 12.0 Å².